The summed E-state index contributed by atoms with van der Waals surface area (Å²) in [5.41, 5.74) is 0.763. The Balaban J connectivity index is 1.75. The molecule has 1 heterocycles. The number of carbonyl (C=O) groups excluding carboxylic acids is 1. The second-order valence-electron chi connectivity index (χ2n) is 6.60. The zero-order valence-corrected chi connectivity index (χ0v) is 16.4. The fourth-order valence-electron chi connectivity index (χ4n) is 3.16. The van der Waals surface area contributed by atoms with Gasteiger partial charge < -0.3 is 9.47 Å². The number of fused-ring (bicyclic) bond motifs is 1. The monoisotopic (exact) mass is 426 g/mol. The molecule has 0 atom stereocenters. The summed E-state index contributed by atoms with van der Waals surface area (Å²) >= 11 is 0. The van der Waals surface area contributed by atoms with Crippen LogP contribution in [0, 0.1) is 0 Å². The van der Waals surface area contributed by atoms with Crippen molar-refractivity contribution in [2.24, 2.45) is 0 Å². The van der Waals surface area contributed by atoms with Gasteiger partial charge in [0.2, 0.25) is 5.88 Å². The number of hydrogen-bond acceptors (Lipinski definition) is 4. The number of aromatic nitrogens is 2. The lowest BCUT2D eigenvalue weighted by Crippen LogP contribution is -2.07. The summed E-state index contributed by atoms with van der Waals surface area (Å²) in [4.78, 5) is 11.9. The van der Waals surface area contributed by atoms with Crippen molar-refractivity contribution in [2.45, 2.75) is 13.1 Å². The van der Waals surface area contributed by atoms with Crippen molar-refractivity contribution in [3.63, 3.8) is 0 Å². The minimum atomic E-state index is -4.56. The molecule has 8 heteroatoms. The second-order valence-corrected chi connectivity index (χ2v) is 6.60. The molecule has 0 saturated heterocycles. The van der Waals surface area contributed by atoms with Crippen molar-refractivity contribution < 1.29 is 27.4 Å². The Hall–Kier alpha value is -3.81. The Bertz CT molecular complexity index is 1230. The van der Waals surface area contributed by atoms with Crippen molar-refractivity contribution in [2.75, 3.05) is 6.61 Å². The molecule has 31 heavy (non-hydrogen) atoms. The fraction of sp³-hybridized carbons (Fsp3) is 0.130. The van der Waals surface area contributed by atoms with Crippen LogP contribution < -0.4 is 4.74 Å². The number of rotatable bonds is 5. The van der Waals surface area contributed by atoms with E-state index >= 15 is 0 Å². The first-order chi connectivity index (χ1) is 14.9. The average molecular weight is 426 g/mol. The topological polar surface area (TPSA) is 53.4 Å². The van der Waals surface area contributed by atoms with Gasteiger partial charge in [0, 0.05) is 0 Å². The molecular weight excluding hydrogens is 409 g/mol. The van der Waals surface area contributed by atoms with E-state index in [1.807, 2.05) is 0 Å². The van der Waals surface area contributed by atoms with E-state index in [9.17, 15) is 18.0 Å². The zero-order chi connectivity index (χ0) is 22.0. The Morgan fingerprint density at radius 3 is 2.35 bits per heavy atom. The van der Waals surface area contributed by atoms with Crippen LogP contribution in [0.3, 0.4) is 0 Å². The smallest absolute Gasteiger partial charge is 0.419 e. The molecule has 158 valence electrons. The number of para-hydroxylation sites is 2. The molecule has 0 aliphatic carbocycles. The molecule has 0 aliphatic rings. The van der Waals surface area contributed by atoms with E-state index in [-0.39, 0.29) is 18.2 Å². The van der Waals surface area contributed by atoms with Crippen LogP contribution in [0.15, 0.2) is 72.8 Å². The van der Waals surface area contributed by atoms with Crippen molar-refractivity contribution in [1.82, 2.24) is 9.78 Å². The van der Waals surface area contributed by atoms with Gasteiger partial charge in [-0.2, -0.15) is 13.2 Å². The van der Waals surface area contributed by atoms with Gasteiger partial charge in [-0.1, -0.05) is 24.3 Å². The number of hydrogen-bond donors (Lipinski definition) is 0. The summed E-state index contributed by atoms with van der Waals surface area (Å²) in [6, 6.07) is 18.6. The van der Waals surface area contributed by atoms with Crippen LogP contribution in [0.2, 0.25) is 0 Å². The number of ether oxygens (including phenoxy) is 2. The van der Waals surface area contributed by atoms with E-state index in [0.717, 1.165) is 6.07 Å². The molecule has 0 spiro atoms. The molecule has 3 aromatic carbocycles. The molecule has 0 N–H and O–H groups in total. The summed E-state index contributed by atoms with van der Waals surface area (Å²) < 4.78 is 52.2. The summed E-state index contributed by atoms with van der Waals surface area (Å²) in [5.74, 6) is -0.725. The maximum absolute atomic E-state index is 13.3. The van der Waals surface area contributed by atoms with Gasteiger partial charge in [0.15, 0.2) is 0 Å². The quantitative estimate of drug-likeness (QED) is 0.367. The first-order valence-corrected chi connectivity index (χ1v) is 9.48. The molecule has 0 aliphatic heterocycles. The van der Waals surface area contributed by atoms with Crippen molar-refractivity contribution in [1.29, 1.82) is 0 Å². The fourth-order valence-corrected chi connectivity index (χ4v) is 3.16. The third-order valence-electron chi connectivity index (χ3n) is 4.58. The number of nitrogens with zero attached hydrogens (tertiary/aromatic N) is 2. The molecule has 5 nitrogen and oxygen atoms in total. The maximum Gasteiger partial charge on any atom is 0.419 e. The molecule has 1 aromatic heterocycles. The lowest BCUT2D eigenvalue weighted by molar-refractivity contribution is -0.138. The number of halogens is 3. The summed E-state index contributed by atoms with van der Waals surface area (Å²) in [6.45, 7) is 1.99. The Morgan fingerprint density at radius 2 is 1.65 bits per heavy atom. The minimum Gasteiger partial charge on any atom is -0.462 e. The molecule has 0 radical (unpaired) electrons. The van der Waals surface area contributed by atoms with Crippen LogP contribution in [-0.4, -0.2) is 22.4 Å². The highest BCUT2D eigenvalue weighted by molar-refractivity contribution is 5.90. The van der Waals surface area contributed by atoms with E-state index in [0.29, 0.717) is 22.2 Å². The summed E-state index contributed by atoms with van der Waals surface area (Å²) in [7, 11) is 0. The van der Waals surface area contributed by atoms with Gasteiger partial charge in [-0.3, -0.25) is 0 Å². The predicted octanol–water partition coefficient (Wildman–Crippen LogP) is 6.01. The Labute approximate surface area is 175 Å². The first kappa shape index (κ1) is 20.5. The average Bonchev–Trinajstić information content (AvgIpc) is 3.12. The van der Waals surface area contributed by atoms with E-state index in [4.69, 9.17) is 9.47 Å². The van der Waals surface area contributed by atoms with E-state index in [1.54, 1.807) is 60.1 Å². The van der Waals surface area contributed by atoms with Gasteiger partial charge in [-0.25, -0.2) is 9.48 Å². The van der Waals surface area contributed by atoms with Crippen LogP contribution in [0.5, 0.6) is 11.6 Å². The third kappa shape index (κ3) is 4.09. The van der Waals surface area contributed by atoms with Gasteiger partial charge in [-0.15, -0.1) is 5.10 Å². The lowest BCUT2D eigenvalue weighted by atomic mass is 10.2. The van der Waals surface area contributed by atoms with Gasteiger partial charge in [0.25, 0.3) is 0 Å². The van der Waals surface area contributed by atoms with E-state index in [1.165, 1.54) is 18.2 Å². The molecule has 4 rings (SSSR count). The number of benzene rings is 3. The molecule has 0 fully saturated rings. The molecule has 0 amide bonds. The van der Waals surface area contributed by atoms with Gasteiger partial charge in [0.1, 0.15) is 5.75 Å². The SMILES string of the molecule is CCOC(=O)c1ccc(-n2nc(Oc3ccccc3C(F)(F)F)c3ccccc32)cc1. The highest BCUT2D eigenvalue weighted by Gasteiger charge is 2.34. The van der Waals surface area contributed by atoms with Crippen LogP contribution >= 0.6 is 0 Å². The molecule has 0 unspecified atom stereocenters. The largest absolute Gasteiger partial charge is 0.462 e. The molecular formula is C23H17F3N2O3. The van der Waals surface area contributed by atoms with E-state index < -0.39 is 17.7 Å². The van der Waals surface area contributed by atoms with Crippen LogP contribution in [0.1, 0.15) is 22.8 Å². The first-order valence-electron chi connectivity index (χ1n) is 9.48. The van der Waals surface area contributed by atoms with Crippen molar-refractivity contribution in [3.05, 3.63) is 83.9 Å². The second kappa shape index (κ2) is 8.14. The number of alkyl halides is 3. The van der Waals surface area contributed by atoms with Gasteiger partial charge >= 0.3 is 12.1 Å². The zero-order valence-electron chi connectivity index (χ0n) is 16.4. The standard InChI is InChI=1S/C23H17F3N2O3/c1-2-30-22(29)15-11-13-16(14-12-15)28-19-9-5-3-7-17(19)21(27-28)31-20-10-6-4-8-18(20)23(24,25)26/h3-14H,2H2,1H3. The van der Waals surface area contributed by atoms with Crippen LogP contribution in [0.4, 0.5) is 13.2 Å². The highest BCUT2D eigenvalue weighted by Crippen LogP contribution is 2.39. The number of carbonyl (C=O) groups is 1. The van der Waals surface area contributed by atoms with Crippen LogP contribution in [-0.2, 0) is 10.9 Å². The normalized spacial score (nSPS) is 11.5. The van der Waals surface area contributed by atoms with Gasteiger partial charge in [-0.05, 0) is 55.5 Å². The van der Waals surface area contributed by atoms with Gasteiger partial charge in [0.05, 0.1) is 34.3 Å². The van der Waals surface area contributed by atoms with E-state index in [2.05, 4.69) is 5.10 Å². The summed E-state index contributed by atoms with van der Waals surface area (Å²) in [5, 5.41) is 4.95. The minimum absolute atomic E-state index is 0.0433. The van der Waals surface area contributed by atoms with Crippen molar-refractivity contribution >= 4 is 16.9 Å². The van der Waals surface area contributed by atoms with Crippen LogP contribution in [0.25, 0.3) is 16.6 Å². The Morgan fingerprint density at radius 1 is 0.968 bits per heavy atom. The molecule has 0 bridgehead atoms. The highest BCUT2D eigenvalue weighted by atomic mass is 19.4. The molecule has 0 saturated carbocycles. The molecule has 4 aromatic rings. The van der Waals surface area contributed by atoms with Crippen molar-refractivity contribution in [3.8, 4) is 17.3 Å². The number of esters is 1. The Kier molecular flexibility index (Phi) is 5.37. The summed E-state index contributed by atoms with van der Waals surface area (Å²) in [6.07, 6.45) is -4.56. The lowest BCUT2D eigenvalue weighted by Gasteiger charge is -2.12. The third-order valence-corrected chi connectivity index (χ3v) is 4.58. The maximum atomic E-state index is 13.3. The predicted molar refractivity (Wildman–Crippen MR) is 109 cm³/mol.